The Hall–Kier alpha value is -0.863. The number of rotatable bonds is 9. The summed E-state index contributed by atoms with van der Waals surface area (Å²) in [5, 5.41) is 11.2. The fourth-order valence-corrected chi connectivity index (χ4v) is 3.56. The van der Waals surface area contributed by atoms with Crippen molar-refractivity contribution in [1.29, 1.82) is 0 Å². The molecule has 1 N–H and O–H groups in total. The highest BCUT2D eigenvalue weighted by Gasteiger charge is 2.31. The van der Waals surface area contributed by atoms with Crippen LogP contribution in [0.1, 0.15) is 51.5 Å². The summed E-state index contributed by atoms with van der Waals surface area (Å²) in [7, 11) is -1.25. The van der Waals surface area contributed by atoms with Crippen molar-refractivity contribution in [3.8, 4) is 0 Å². The lowest BCUT2D eigenvalue weighted by atomic mass is 9.80. The van der Waals surface area contributed by atoms with E-state index in [9.17, 15) is 5.11 Å². The van der Waals surface area contributed by atoms with Crippen LogP contribution < -0.4 is 0 Å². The summed E-state index contributed by atoms with van der Waals surface area (Å²) in [5.41, 5.74) is 2.62. The summed E-state index contributed by atoms with van der Waals surface area (Å²) < 4.78 is 0. The summed E-state index contributed by atoms with van der Waals surface area (Å²) in [6.07, 6.45) is 8.35. The lowest BCUT2D eigenvalue weighted by Gasteiger charge is -2.32. The SMILES string of the molecule is CCCCCC[C@@H](/C=C/[Si](C)(C)C)[C@@](C)(O)c1ccccc1. The molecular formula is C20H34OSi. The second kappa shape index (κ2) is 8.69. The van der Waals surface area contributed by atoms with Gasteiger partial charge < -0.3 is 5.11 Å². The highest BCUT2D eigenvalue weighted by molar-refractivity contribution is 6.80. The quantitative estimate of drug-likeness (QED) is 0.443. The molecule has 2 heteroatoms. The molecule has 0 radical (unpaired) electrons. The average molecular weight is 319 g/mol. The van der Waals surface area contributed by atoms with Crippen LogP contribution in [-0.4, -0.2) is 13.2 Å². The van der Waals surface area contributed by atoms with E-state index in [1.165, 1.54) is 25.7 Å². The first-order chi connectivity index (χ1) is 10.3. The van der Waals surface area contributed by atoms with Gasteiger partial charge in [0.2, 0.25) is 0 Å². The third-order valence-corrected chi connectivity index (χ3v) is 5.47. The van der Waals surface area contributed by atoms with Gasteiger partial charge in [0.1, 0.15) is 0 Å². The van der Waals surface area contributed by atoms with Crippen LogP contribution in [0.4, 0.5) is 0 Å². The fourth-order valence-electron chi connectivity index (χ4n) is 2.75. The van der Waals surface area contributed by atoms with Gasteiger partial charge in [-0.25, -0.2) is 0 Å². The molecule has 1 rings (SSSR count). The largest absolute Gasteiger partial charge is 0.385 e. The van der Waals surface area contributed by atoms with Crippen molar-refractivity contribution < 1.29 is 5.11 Å². The van der Waals surface area contributed by atoms with Crippen LogP contribution in [0, 0.1) is 5.92 Å². The molecule has 22 heavy (non-hydrogen) atoms. The van der Waals surface area contributed by atoms with Gasteiger partial charge in [-0.05, 0) is 18.9 Å². The molecule has 124 valence electrons. The van der Waals surface area contributed by atoms with Crippen molar-refractivity contribution in [2.24, 2.45) is 5.92 Å². The van der Waals surface area contributed by atoms with E-state index in [1.54, 1.807) is 0 Å². The van der Waals surface area contributed by atoms with E-state index in [1.807, 2.05) is 37.3 Å². The summed E-state index contributed by atoms with van der Waals surface area (Å²) in [4.78, 5) is 0. The van der Waals surface area contributed by atoms with Crippen molar-refractivity contribution in [3.63, 3.8) is 0 Å². The van der Waals surface area contributed by atoms with Crippen LogP contribution in [0.2, 0.25) is 19.6 Å². The summed E-state index contributed by atoms with van der Waals surface area (Å²) in [6.45, 7) is 11.2. The minimum atomic E-state index is -1.25. The Morgan fingerprint density at radius 1 is 1.09 bits per heavy atom. The minimum absolute atomic E-state index is 0.193. The Labute approximate surface area is 138 Å². The molecule has 0 bridgehead atoms. The normalized spacial score (nSPS) is 16.6. The highest BCUT2D eigenvalue weighted by Crippen LogP contribution is 2.34. The van der Waals surface area contributed by atoms with Gasteiger partial charge in [-0.3, -0.25) is 0 Å². The lowest BCUT2D eigenvalue weighted by molar-refractivity contribution is 0.00936. The fraction of sp³-hybridized carbons (Fsp3) is 0.600. The maximum Gasteiger partial charge on any atom is 0.0930 e. The van der Waals surface area contributed by atoms with Crippen LogP contribution in [0.25, 0.3) is 0 Å². The third-order valence-electron chi connectivity index (χ3n) is 4.28. The molecule has 0 aliphatic heterocycles. The monoisotopic (exact) mass is 318 g/mol. The van der Waals surface area contributed by atoms with Gasteiger partial charge in [-0.1, -0.05) is 94.4 Å². The van der Waals surface area contributed by atoms with Gasteiger partial charge in [0.25, 0.3) is 0 Å². The van der Waals surface area contributed by atoms with E-state index >= 15 is 0 Å². The molecule has 0 spiro atoms. The molecular weight excluding hydrogens is 284 g/mol. The van der Waals surface area contributed by atoms with Crippen LogP contribution in [0.5, 0.6) is 0 Å². The smallest absolute Gasteiger partial charge is 0.0930 e. The second-order valence-corrected chi connectivity index (χ2v) is 12.8. The Balaban J connectivity index is 2.90. The van der Waals surface area contributed by atoms with E-state index in [0.717, 1.165) is 12.0 Å². The van der Waals surface area contributed by atoms with Crippen molar-refractivity contribution in [3.05, 3.63) is 47.7 Å². The molecule has 0 aliphatic carbocycles. The predicted molar refractivity (Wildman–Crippen MR) is 101 cm³/mol. The summed E-state index contributed by atoms with van der Waals surface area (Å²) in [6, 6.07) is 10.1. The van der Waals surface area contributed by atoms with E-state index in [4.69, 9.17) is 0 Å². The Morgan fingerprint density at radius 3 is 2.27 bits per heavy atom. The molecule has 0 amide bonds. The molecule has 0 saturated heterocycles. The predicted octanol–water partition coefficient (Wildman–Crippen LogP) is 5.91. The zero-order valence-corrected chi connectivity index (χ0v) is 16.1. The number of hydrogen-bond donors (Lipinski definition) is 1. The zero-order chi connectivity index (χ0) is 16.6. The molecule has 0 unspecified atom stereocenters. The molecule has 0 aliphatic rings. The molecule has 0 aromatic heterocycles. The summed E-state index contributed by atoms with van der Waals surface area (Å²) in [5.74, 6) is 0.193. The Morgan fingerprint density at radius 2 is 1.73 bits per heavy atom. The van der Waals surface area contributed by atoms with Crippen molar-refractivity contribution in [2.45, 2.75) is 71.2 Å². The van der Waals surface area contributed by atoms with Gasteiger partial charge in [0.05, 0.1) is 13.7 Å². The van der Waals surface area contributed by atoms with Gasteiger partial charge in [-0.2, -0.15) is 0 Å². The highest BCUT2D eigenvalue weighted by atomic mass is 28.3. The van der Waals surface area contributed by atoms with Crippen LogP contribution in [-0.2, 0) is 5.60 Å². The number of aliphatic hydroxyl groups is 1. The van der Waals surface area contributed by atoms with E-state index in [2.05, 4.69) is 38.3 Å². The van der Waals surface area contributed by atoms with Crippen LogP contribution >= 0.6 is 0 Å². The molecule has 1 aromatic carbocycles. The molecule has 0 heterocycles. The Bertz CT molecular complexity index is 443. The molecule has 0 saturated carbocycles. The van der Waals surface area contributed by atoms with Gasteiger partial charge >= 0.3 is 0 Å². The van der Waals surface area contributed by atoms with Gasteiger partial charge in [-0.15, -0.1) is 0 Å². The lowest BCUT2D eigenvalue weighted by Crippen LogP contribution is -2.31. The number of benzene rings is 1. The van der Waals surface area contributed by atoms with Crippen LogP contribution in [0.3, 0.4) is 0 Å². The second-order valence-electron chi connectivity index (χ2n) is 7.69. The maximum absolute atomic E-state index is 11.2. The molecule has 0 fully saturated rings. The summed E-state index contributed by atoms with van der Waals surface area (Å²) >= 11 is 0. The third kappa shape index (κ3) is 6.49. The molecule has 2 atom stereocenters. The molecule has 1 nitrogen and oxygen atoms in total. The Kier molecular flexibility index (Phi) is 7.57. The van der Waals surface area contributed by atoms with Crippen molar-refractivity contribution in [2.75, 3.05) is 0 Å². The zero-order valence-electron chi connectivity index (χ0n) is 15.1. The number of unbranched alkanes of at least 4 members (excludes halogenated alkanes) is 3. The van der Waals surface area contributed by atoms with Crippen LogP contribution in [0.15, 0.2) is 42.1 Å². The van der Waals surface area contributed by atoms with Gasteiger partial charge in [0.15, 0.2) is 0 Å². The van der Waals surface area contributed by atoms with E-state index in [-0.39, 0.29) is 5.92 Å². The van der Waals surface area contributed by atoms with E-state index in [0.29, 0.717) is 0 Å². The topological polar surface area (TPSA) is 20.2 Å². The van der Waals surface area contributed by atoms with Crippen molar-refractivity contribution >= 4 is 8.07 Å². The maximum atomic E-state index is 11.2. The molecule has 1 aromatic rings. The first-order valence-corrected chi connectivity index (χ1v) is 12.3. The van der Waals surface area contributed by atoms with Crippen molar-refractivity contribution in [1.82, 2.24) is 0 Å². The standard InChI is InChI=1S/C20H34OSi/c1-6-7-8-10-15-19(16-17-22(3,4)5)20(2,21)18-13-11-9-12-14-18/h9,11-14,16-17,19,21H,6-8,10,15H2,1-5H3/b17-16+/t19-,20-/m0/s1. The number of hydrogen-bond acceptors (Lipinski definition) is 1. The first-order valence-electron chi connectivity index (χ1n) is 8.74. The van der Waals surface area contributed by atoms with Gasteiger partial charge in [0, 0.05) is 5.92 Å². The average Bonchev–Trinajstić information content (AvgIpc) is 2.46. The van der Waals surface area contributed by atoms with E-state index < -0.39 is 13.7 Å². The first kappa shape index (κ1) is 19.2. The minimum Gasteiger partial charge on any atom is -0.385 e.